The number of fused-ring (bicyclic) bond motifs is 12. The van der Waals surface area contributed by atoms with Crippen LogP contribution in [-0.2, 0) is 83.4 Å². The molecule has 0 amide bonds. The van der Waals surface area contributed by atoms with Crippen molar-refractivity contribution in [2.24, 2.45) is 166 Å². The maximum atomic E-state index is 4.93. The zero-order valence-corrected chi connectivity index (χ0v) is 87.9. The van der Waals surface area contributed by atoms with E-state index in [2.05, 4.69) is 234 Å². The van der Waals surface area contributed by atoms with Crippen molar-refractivity contribution in [1.82, 2.24) is 0 Å². The average Bonchev–Trinajstić information content (AvgIpc) is 1.64. The van der Waals surface area contributed by atoms with Crippen LogP contribution in [0.25, 0.3) is 0 Å². The molecule has 0 aromatic carbocycles. The van der Waals surface area contributed by atoms with Gasteiger partial charge in [0.05, 0.1) is 0 Å². The van der Waals surface area contributed by atoms with Gasteiger partial charge in [-0.15, -0.1) is 13.2 Å². The summed E-state index contributed by atoms with van der Waals surface area (Å²) in [5.41, 5.74) is 0. The summed E-state index contributed by atoms with van der Waals surface area (Å²) in [7, 11) is 39.5. The molecule has 0 spiro atoms. The van der Waals surface area contributed by atoms with Crippen LogP contribution in [-0.4, -0.2) is 0 Å². The van der Waals surface area contributed by atoms with Gasteiger partial charge in [-0.1, -0.05) is 323 Å². The first-order valence-electron chi connectivity index (χ1n) is 42.0. The minimum absolute atomic E-state index is 0. The van der Waals surface area contributed by atoms with Crippen LogP contribution in [0.4, 0.5) is 0 Å². The van der Waals surface area contributed by atoms with Gasteiger partial charge in [-0.25, -0.2) is 0 Å². The first kappa shape index (κ1) is 113. The fourth-order valence-electron chi connectivity index (χ4n) is 24.2. The summed E-state index contributed by atoms with van der Waals surface area (Å²) >= 11 is -3.30. The second-order valence-corrected chi connectivity index (χ2v) is 49.1. The van der Waals surface area contributed by atoms with Crippen molar-refractivity contribution < 1.29 is 83.4 Å². The molecule has 0 saturated heterocycles. The van der Waals surface area contributed by atoms with Crippen LogP contribution in [0, 0.1) is 225 Å². The first-order valence-corrected chi connectivity index (χ1v) is 67.3. The zero-order chi connectivity index (χ0) is 74.8. The van der Waals surface area contributed by atoms with Gasteiger partial charge in [-0.3, -0.25) is 0 Å². The molecule has 0 aromatic rings. The van der Waals surface area contributed by atoms with Gasteiger partial charge in [0.2, 0.25) is 0 Å². The van der Waals surface area contributed by atoms with Crippen LogP contribution in [0.3, 0.4) is 0 Å². The van der Waals surface area contributed by atoms with E-state index in [-0.39, 0.29) is 59.4 Å². The van der Waals surface area contributed by atoms with E-state index in [1.807, 2.05) is 0 Å². The van der Waals surface area contributed by atoms with Crippen molar-refractivity contribution in [3.63, 3.8) is 0 Å². The number of rotatable bonds is 22. The number of halogens is 8. The molecule has 632 valence electrons. The molecule has 16 rings (SSSR count). The van der Waals surface area contributed by atoms with Crippen LogP contribution in [0.15, 0.2) is 220 Å². The molecule has 16 aliphatic rings. The number of unbranched alkanes of at least 4 members (excludes halogenated alkanes) is 1. The van der Waals surface area contributed by atoms with Crippen molar-refractivity contribution in [2.45, 2.75) is 194 Å². The molecule has 0 N–H and O–H groups in total. The van der Waals surface area contributed by atoms with Gasteiger partial charge >= 0.3 is 151 Å². The Bertz CT molecular complexity index is 2950. The van der Waals surface area contributed by atoms with Crippen molar-refractivity contribution in [3.8, 4) is 0 Å². The predicted octanol–water partition coefficient (Wildman–Crippen LogP) is 34.8. The Morgan fingerprint density at radius 2 is 0.421 bits per heavy atom. The molecule has 24 atom stereocenters. The summed E-state index contributed by atoms with van der Waals surface area (Å²) in [5.74, 6) is 23.7. The molecular weight excluding hydrogens is 1870 g/mol. The quantitative estimate of drug-likeness (QED) is 0.0749. The zero-order valence-electron chi connectivity index (χ0n) is 72.0. The Hall–Kier alpha value is 1.17. The summed E-state index contributed by atoms with van der Waals surface area (Å²) in [6, 6.07) is 0. The Morgan fingerprint density at radius 1 is 0.237 bits per heavy atom. The average molecular weight is 2030 g/mol. The third-order valence-electron chi connectivity index (χ3n) is 28.7. The Kier molecular flexibility index (Phi) is 63.5. The van der Waals surface area contributed by atoms with Crippen molar-refractivity contribution in [2.75, 3.05) is 0 Å². The molecule has 0 nitrogen and oxygen atoms in total. The predicted molar refractivity (Wildman–Crippen MR) is 503 cm³/mol. The second-order valence-electron chi connectivity index (χ2n) is 34.1. The fourth-order valence-corrected chi connectivity index (χ4v) is 24.2. The molecule has 24 unspecified atom stereocenters. The Balaban J connectivity index is 0.000000709. The van der Waals surface area contributed by atoms with E-state index in [0.717, 1.165) is 166 Å². The third-order valence-corrected chi connectivity index (χ3v) is 28.7. The first-order chi connectivity index (χ1) is 52.1. The molecule has 12 heteroatoms. The van der Waals surface area contributed by atoms with E-state index < -0.39 is 83.4 Å². The SMILES string of the molecule is C=CCC1CCC(CCC2C3C=CC=CC3C3C=CC=CC32)C1.C=CCCC1CCC(CCC2C3C=CC=CC3C3C=CC=CC32)C1.CCCC1CCC(CCC2C3C=CC=CC3C3C=CC=CC32)C1.CCCCC1CCC(CCC2C3C=CC=CC3C3C=CC=CC32)C1.[CH3-].[CH3-].[CH3-].[CH3-].[CH3-].[CH3-].[CH3-].[CH3-].[Cl][Zr+2][Cl].[Cl][Zr+2][Cl].[Cl][Zr+2][Cl].[Cl][Zr+2][Cl]. The molecule has 0 bridgehead atoms. The van der Waals surface area contributed by atoms with Gasteiger partial charge in [0, 0.05) is 0 Å². The number of allylic oxidation sites excluding steroid dienone is 34. The second kappa shape index (κ2) is 64.0. The van der Waals surface area contributed by atoms with Gasteiger partial charge in [0.25, 0.3) is 0 Å². The van der Waals surface area contributed by atoms with E-state index in [1.165, 1.54) is 180 Å². The van der Waals surface area contributed by atoms with Gasteiger partial charge in [-0.2, -0.15) is 0 Å². The molecule has 16 aliphatic carbocycles. The molecule has 8 saturated carbocycles. The normalized spacial score (nSPS) is 35.8. The Labute approximate surface area is 780 Å². The molecule has 114 heavy (non-hydrogen) atoms. The topological polar surface area (TPSA) is 0 Å². The van der Waals surface area contributed by atoms with Gasteiger partial charge in [0.15, 0.2) is 0 Å². The summed E-state index contributed by atoms with van der Waals surface area (Å²) in [5, 5.41) is 0. The molecular formula is C102H152Cl8Zr4. The molecule has 8 fully saturated rings. The van der Waals surface area contributed by atoms with Crippen molar-refractivity contribution in [3.05, 3.63) is 279 Å². The number of hydrogen-bond donors (Lipinski definition) is 0. The summed E-state index contributed by atoms with van der Waals surface area (Å²) < 4.78 is 0. The monoisotopic (exact) mass is 2020 g/mol. The Morgan fingerprint density at radius 3 is 0.623 bits per heavy atom. The van der Waals surface area contributed by atoms with Gasteiger partial charge in [-0.05, 0) is 243 Å². The van der Waals surface area contributed by atoms with Crippen LogP contribution in [0.1, 0.15) is 194 Å². The molecule has 0 aliphatic heterocycles. The minimum atomic E-state index is -0.826. The fraction of sp³-hybridized carbons (Fsp3) is 0.569. The molecule has 0 radical (unpaired) electrons. The summed E-state index contributed by atoms with van der Waals surface area (Å²) in [4.78, 5) is 0. The van der Waals surface area contributed by atoms with Gasteiger partial charge < -0.3 is 59.4 Å². The van der Waals surface area contributed by atoms with E-state index in [0.29, 0.717) is 0 Å². The van der Waals surface area contributed by atoms with Crippen LogP contribution >= 0.6 is 68.1 Å². The van der Waals surface area contributed by atoms with E-state index in [4.69, 9.17) is 68.1 Å². The van der Waals surface area contributed by atoms with Crippen LogP contribution in [0.5, 0.6) is 0 Å². The van der Waals surface area contributed by atoms with E-state index >= 15 is 0 Å². The van der Waals surface area contributed by atoms with Crippen LogP contribution in [0.2, 0.25) is 0 Å². The van der Waals surface area contributed by atoms with Crippen molar-refractivity contribution in [1.29, 1.82) is 0 Å². The van der Waals surface area contributed by atoms with E-state index in [9.17, 15) is 0 Å². The van der Waals surface area contributed by atoms with Crippen molar-refractivity contribution >= 4 is 68.1 Å². The third kappa shape index (κ3) is 33.2. The summed E-state index contributed by atoms with van der Waals surface area (Å²) in [6.45, 7) is 12.5. The maximum absolute atomic E-state index is 4.93. The molecule has 0 aromatic heterocycles. The number of hydrogen-bond acceptors (Lipinski definition) is 0. The van der Waals surface area contributed by atoms with Gasteiger partial charge in [0.1, 0.15) is 0 Å². The van der Waals surface area contributed by atoms with E-state index in [1.54, 1.807) is 0 Å². The van der Waals surface area contributed by atoms with Crippen LogP contribution < -0.4 is 0 Å². The summed E-state index contributed by atoms with van der Waals surface area (Å²) in [6.07, 6.45) is 121. The molecule has 0 heterocycles. The standard InChI is InChI=1S/C24H34.C24H32.C23H32.C23H30.8CH3.8ClH.4Zr/c2*1-2-3-8-18-13-14-19(17-18)15-16-24-22-11-6-4-9-20(22)21-10-5-7-12-23(21)24;2*1-2-7-17-12-13-18(16-17)14-15-23-21-10-5-3-8-19(21)20-9-4-6-11-22(20)23;;;;;;;;;;;;;;;;;;;;/h4-7,9-12,18-24H,2-3,8,13-17H2,1H3;2,4-7,9-12,18-24H,1,3,8,13-17H2;3-6,8-11,17-23H,2,7,12-16H2,1H3;2-6,8-11,17-23H,1,7,12-16H2;8*1H3;8*1H;;;;/q;;;;8*-1;;;;;;;;;4*+4/p-8.